The van der Waals surface area contributed by atoms with Gasteiger partial charge in [-0.15, -0.1) is 23.2 Å². The van der Waals surface area contributed by atoms with Crippen LogP contribution in [0.2, 0.25) is 0 Å². The summed E-state index contributed by atoms with van der Waals surface area (Å²) in [4.78, 5) is 23.5. The Kier molecular flexibility index (Phi) is 4.97. The summed E-state index contributed by atoms with van der Waals surface area (Å²) in [5, 5.41) is 0. The van der Waals surface area contributed by atoms with Crippen LogP contribution < -0.4 is 0 Å². The molecule has 0 radical (unpaired) electrons. The molecule has 0 bridgehead atoms. The third-order valence-electron chi connectivity index (χ3n) is 3.23. The second-order valence-corrected chi connectivity index (χ2v) is 9.75. The second kappa shape index (κ2) is 5.97. The predicted octanol–water partition coefficient (Wildman–Crippen LogP) is 4.61. The number of imide groups is 1. The van der Waals surface area contributed by atoms with Crippen molar-refractivity contribution in [3.63, 3.8) is 0 Å². The van der Waals surface area contributed by atoms with E-state index in [1.165, 1.54) is 0 Å². The van der Waals surface area contributed by atoms with Crippen molar-refractivity contribution in [2.75, 3.05) is 0 Å². The minimum absolute atomic E-state index is 0.133. The highest BCUT2D eigenvalue weighted by molar-refractivity contribution is 8.02. The summed E-state index contributed by atoms with van der Waals surface area (Å²) in [6.07, 6.45) is 4.55. The maximum atomic E-state index is 12.5. The SMILES string of the molecule is CC1(C)C=CC2=C(C1)C(=O)N(SC(Cl)(Cl)C(Cl)Cl)C(=O)C2. The smallest absolute Gasteiger partial charge is 0.267 e. The number of nitrogens with zero attached hydrogens (tertiary/aromatic N) is 1. The Bertz CT molecular complexity index is 554. The van der Waals surface area contributed by atoms with E-state index in [-0.39, 0.29) is 17.7 Å². The molecule has 0 aromatic heterocycles. The molecule has 0 unspecified atom stereocenters. The predicted molar refractivity (Wildman–Crippen MR) is 88.6 cm³/mol. The molecule has 0 saturated heterocycles. The zero-order chi connectivity index (χ0) is 16.0. The lowest BCUT2D eigenvalue weighted by Gasteiger charge is -2.35. The maximum absolute atomic E-state index is 12.5. The van der Waals surface area contributed by atoms with Gasteiger partial charge in [-0.3, -0.25) is 9.59 Å². The first-order valence-electron chi connectivity index (χ1n) is 6.17. The van der Waals surface area contributed by atoms with E-state index < -0.39 is 14.4 Å². The van der Waals surface area contributed by atoms with Crippen LogP contribution in [0, 0.1) is 5.41 Å². The minimum atomic E-state index is -1.67. The number of hydrogen-bond donors (Lipinski definition) is 0. The van der Waals surface area contributed by atoms with E-state index in [2.05, 4.69) is 0 Å². The van der Waals surface area contributed by atoms with E-state index in [0.717, 1.165) is 9.88 Å². The molecule has 0 spiro atoms. The molecular weight excluding hydrogens is 376 g/mol. The molecule has 116 valence electrons. The van der Waals surface area contributed by atoms with Crippen molar-refractivity contribution in [2.45, 2.75) is 35.2 Å². The highest BCUT2D eigenvalue weighted by atomic mass is 35.5. The fourth-order valence-corrected chi connectivity index (χ4v) is 3.49. The molecule has 1 aliphatic carbocycles. The van der Waals surface area contributed by atoms with Crippen molar-refractivity contribution in [3.8, 4) is 0 Å². The molecule has 3 nitrogen and oxygen atoms in total. The molecule has 2 amide bonds. The van der Waals surface area contributed by atoms with Gasteiger partial charge in [0.1, 0.15) is 0 Å². The molecule has 2 rings (SSSR count). The monoisotopic (exact) mass is 387 g/mol. The molecule has 0 fully saturated rings. The average molecular weight is 389 g/mol. The van der Waals surface area contributed by atoms with Crippen LogP contribution in [0.4, 0.5) is 0 Å². The van der Waals surface area contributed by atoms with E-state index >= 15 is 0 Å². The van der Waals surface area contributed by atoms with Gasteiger partial charge in [0.15, 0.2) is 4.84 Å². The Hall–Kier alpha value is 0.130. The number of carbonyl (C=O) groups is 2. The number of rotatable bonds is 3. The van der Waals surface area contributed by atoms with Crippen LogP contribution >= 0.6 is 58.4 Å². The lowest BCUT2D eigenvalue weighted by molar-refractivity contribution is -0.136. The second-order valence-electron chi connectivity index (χ2n) is 5.63. The largest absolute Gasteiger partial charge is 0.273 e. The lowest BCUT2D eigenvalue weighted by Crippen LogP contribution is -2.41. The summed E-state index contributed by atoms with van der Waals surface area (Å²) >= 11 is 23.9. The number of hydrogen-bond acceptors (Lipinski definition) is 3. The van der Waals surface area contributed by atoms with Crippen LogP contribution in [0.15, 0.2) is 23.3 Å². The van der Waals surface area contributed by atoms with Gasteiger partial charge in [0, 0.05) is 17.5 Å². The summed E-state index contributed by atoms with van der Waals surface area (Å²) in [5.41, 5.74) is 1.23. The minimum Gasteiger partial charge on any atom is -0.273 e. The van der Waals surface area contributed by atoms with Gasteiger partial charge in [0.05, 0.1) is 6.42 Å². The van der Waals surface area contributed by atoms with Crippen molar-refractivity contribution in [2.24, 2.45) is 5.41 Å². The van der Waals surface area contributed by atoms with Crippen LogP contribution in [-0.2, 0) is 9.59 Å². The lowest BCUT2D eigenvalue weighted by atomic mass is 9.77. The molecule has 1 aliphatic heterocycles. The van der Waals surface area contributed by atoms with Crippen molar-refractivity contribution >= 4 is 70.2 Å². The third-order valence-corrected chi connectivity index (χ3v) is 6.48. The highest BCUT2D eigenvalue weighted by Gasteiger charge is 2.43. The van der Waals surface area contributed by atoms with Crippen LogP contribution in [0.1, 0.15) is 26.7 Å². The molecule has 8 heteroatoms. The van der Waals surface area contributed by atoms with Gasteiger partial charge >= 0.3 is 0 Å². The zero-order valence-electron chi connectivity index (χ0n) is 11.3. The quantitative estimate of drug-likeness (QED) is 0.402. The Morgan fingerprint density at radius 2 is 1.95 bits per heavy atom. The van der Waals surface area contributed by atoms with Crippen LogP contribution in [-0.4, -0.2) is 24.6 Å². The van der Waals surface area contributed by atoms with Gasteiger partial charge in [-0.05, 0) is 17.4 Å². The van der Waals surface area contributed by atoms with Crippen molar-refractivity contribution in [1.82, 2.24) is 4.31 Å². The van der Waals surface area contributed by atoms with Crippen molar-refractivity contribution in [3.05, 3.63) is 23.3 Å². The number of allylic oxidation sites excluding steroid dienone is 2. The normalized spacial score (nSPS) is 22.1. The highest BCUT2D eigenvalue weighted by Crippen LogP contribution is 2.47. The van der Waals surface area contributed by atoms with Crippen molar-refractivity contribution < 1.29 is 9.59 Å². The number of amides is 2. The van der Waals surface area contributed by atoms with E-state index in [1.54, 1.807) is 0 Å². The first-order valence-corrected chi connectivity index (χ1v) is 8.57. The fourth-order valence-electron chi connectivity index (χ4n) is 2.16. The van der Waals surface area contributed by atoms with Gasteiger partial charge in [-0.2, -0.15) is 0 Å². The summed E-state index contributed by atoms with van der Waals surface area (Å²) in [6, 6.07) is 0. The van der Waals surface area contributed by atoms with Crippen LogP contribution in [0.3, 0.4) is 0 Å². The standard InChI is InChI=1S/C13H13Cl4NO2S/c1-12(2)4-3-7-5-9(19)18(10(20)8(7)6-12)21-13(16,17)11(14)15/h3-4,11H,5-6H2,1-2H3. The number of halogens is 4. The number of carbonyl (C=O) groups excluding carboxylic acids is 2. The molecule has 0 atom stereocenters. The van der Waals surface area contributed by atoms with Gasteiger partial charge in [0.2, 0.25) is 9.57 Å². The Morgan fingerprint density at radius 3 is 2.52 bits per heavy atom. The number of alkyl halides is 4. The summed E-state index contributed by atoms with van der Waals surface area (Å²) < 4.78 is -0.710. The van der Waals surface area contributed by atoms with E-state index in [1.807, 2.05) is 26.0 Å². The first-order chi connectivity index (χ1) is 9.53. The molecule has 2 aliphatic rings. The zero-order valence-corrected chi connectivity index (χ0v) is 15.2. The average Bonchev–Trinajstić information content (AvgIpc) is 2.35. The van der Waals surface area contributed by atoms with Crippen LogP contribution in [0.25, 0.3) is 0 Å². The molecule has 0 aromatic carbocycles. The van der Waals surface area contributed by atoms with Crippen LogP contribution in [0.5, 0.6) is 0 Å². The van der Waals surface area contributed by atoms with E-state index in [0.29, 0.717) is 23.9 Å². The Labute approximate surface area is 147 Å². The first kappa shape index (κ1) is 17.5. The van der Waals surface area contributed by atoms with Crippen molar-refractivity contribution in [1.29, 1.82) is 0 Å². The molecule has 1 heterocycles. The van der Waals surface area contributed by atoms with Gasteiger partial charge in [-0.25, -0.2) is 4.31 Å². The van der Waals surface area contributed by atoms with E-state index in [9.17, 15) is 9.59 Å². The molecule has 21 heavy (non-hydrogen) atoms. The topological polar surface area (TPSA) is 37.4 Å². The summed E-state index contributed by atoms with van der Waals surface area (Å²) in [7, 11) is 0. The van der Waals surface area contributed by atoms with Gasteiger partial charge in [-0.1, -0.05) is 49.2 Å². The fraction of sp³-hybridized carbons (Fsp3) is 0.538. The summed E-state index contributed by atoms with van der Waals surface area (Å²) in [6.45, 7) is 4.05. The third kappa shape index (κ3) is 3.73. The molecular formula is C13H13Cl4NO2S. The Morgan fingerprint density at radius 1 is 1.33 bits per heavy atom. The molecule has 0 aromatic rings. The molecule has 0 N–H and O–H groups in total. The Balaban J connectivity index is 2.28. The molecule has 0 saturated carbocycles. The van der Waals surface area contributed by atoms with E-state index in [4.69, 9.17) is 46.4 Å². The van der Waals surface area contributed by atoms with Gasteiger partial charge in [0.25, 0.3) is 5.91 Å². The van der Waals surface area contributed by atoms with Gasteiger partial charge < -0.3 is 0 Å². The summed E-state index contributed by atoms with van der Waals surface area (Å²) in [5.74, 6) is -0.781. The maximum Gasteiger partial charge on any atom is 0.267 e.